The molecule has 2 rings (SSSR count). The SMILES string of the molecule is Cc1ccc(CSCC(=O)N(C)C(C)C2CC2)cc1. The average molecular weight is 277 g/mol. The minimum atomic E-state index is 0.261. The van der Waals surface area contributed by atoms with Gasteiger partial charge in [-0.1, -0.05) is 29.8 Å². The predicted octanol–water partition coefficient (Wildman–Crippen LogP) is 3.49. The van der Waals surface area contributed by atoms with Crippen LogP contribution in [0.15, 0.2) is 24.3 Å². The Hall–Kier alpha value is -0.960. The van der Waals surface area contributed by atoms with Crippen LogP contribution in [-0.4, -0.2) is 29.6 Å². The van der Waals surface area contributed by atoms with E-state index in [1.165, 1.54) is 24.0 Å². The fraction of sp³-hybridized carbons (Fsp3) is 0.562. The van der Waals surface area contributed by atoms with Crippen LogP contribution in [0.2, 0.25) is 0 Å². The van der Waals surface area contributed by atoms with E-state index in [9.17, 15) is 4.79 Å². The normalized spacial score (nSPS) is 16.2. The Balaban J connectivity index is 1.72. The maximum absolute atomic E-state index is 12.1. The molecule has 0 spiro atoms. The van der Waals surface area contributed by atoms with Crippen LogP contribution < -0.4 is 0 Å². The molecule has 19 heavy (non-hydrogen) atoms. The molecule has 0 N–H and O–H groups in total. The Labute approximate surface area is 120 Å². The van der Waals surface area contributed by atoms with Crippen LogP contribution in [0.3, 0.4) is 0 Å². The van der Waals surface area contributed by atoms with Crippen molar-refractivity contribution < 1.29 is 4.79 Å². The van der Waals surface area contributed by atoms with Crippen LogP contribution in [-0.2, 0) is 10.5 Å². The molecule has 2 nitrogen and oxygen atoms in total. The van der Waals surface area contributed by atoms with Gasteiger partial charge in [-0.05, 0) is 38.2 Å². The molecule has 1 aliphatic rings. The molecule has 1 saturated carbocycles. The fourth-order valence-electron chi connectivity index (χ4n) is 2.16. The highest BCUT2D eigenvalue weighted by Crippen LogP contribution is 2.34. The van der Waals surface area contributed by atoms with E-state index in [1.54, 1.807) is 11.8 Å². The van der Waals surface area contributed by atoms with E-state index in [0.29, 0.717) is 11.8 Å². The first-order valence-corrected chi connectivity index (χ1v) is 8.12. The highest BCUT2D eigenvalue weighted by molar-refractivity contribution is 7.99. The van der Waals surface area contributed by atoms with E-state index in [0.717, 1.165) is 11.7 Å². The van der Waals surface area contributed by atoms with Crippen molar-refractivity contribution >= 4 is 17.7 Å². The topological polar surface area (TPSA) is 20.3 Å². The molecule has 0 radical (unpaired) electrons. The Morgan fingerprint density at radius 2 is 2.00 bits per heavy atom. The molecule has 1 aromatic rings. The summed E-state index contributed by atoms with van der Waals surface area (Å²) in [5, 5.41) is 0. The van der Waals surface area contributed by atoms with Gasteiger partial charge in [0.1, 0.15) is 0 Å². The van der Waals surface area contributed by atoms with Gasteiger partial charge in [0.25, 0.3) is 0 Å². The average Bonchev–Trinajstić information content (AvgIpc) is 3.23. The van der Waals surface area contributed by atoms with E-state index in [1.807, 2.05) is 11.9 Å². The van der Waals surface area contributed by atoms with Crippen molar-refractivity contribution in [3.8, 4) is 0 Å². The van der Waals surface area contributed by atoms with Gasteiger partial charge >= 0.3 is 0 Å². The second-order valence-corrected chi connectivity index (χ2v) is 6.55. The van der Waals surface area contributed by atoms with Gasteiger partial charge in [0.2, 0.25) is 5.91 Å². The Bertz CT molecular complexity index is 425. The molecule has 3 heteroatoms. The molecule has 1 aliphatic carbocycles. The molecular formula is C16H23NOS. The van der Waals surface area contributed by atoms with Gasteiger partial charge in [0.05, 0.1) is 5.75 Å². The fourth-order valence-corrected chi connectivity index (χ4v) is 3.07. The minimum absolute atomic E-state index is 0.261. The molecule has 0 heterocycles. The quantitative estimate of drug-likeness (QED) is 0.793. The van der Waals surface area contributed by atoms with Crippen molar-refractivity contribution in [1.29, 1.82) is 0 Å². The molecule has 1 unspecified atom stereocenters. The third-order valence-corrected chi connectivity index (χ3v) is 4.91. The number of hydrogen-bond acceptors (Lipinski definition) is 2. The monoisotopic (exact) mass is 277 g/mol. The third kappa shape index (κ3) is 4.27. The molecule has 1 aromatic carbocycles. The number of hydrogen-bond donors (Lipinski definition) is 0. The van der Waals surface area contributed by atoms with Gasteiger partial charge in [-0.25, -0.2) is 0 Å². The lowest BCUT2D eigenvalue weighted by Crippen LogP contribution is -2.37. The first-order valence-electron chi connectivity index (χ1n) is 6.97. The number of carbonyl (C=O) groups is 1. The third-order valence-electron chi connectivity index (χ3n) is 3.92. The summed E-state index contributed by atoms with van der Waals surface area (Å²) in [5.41, 5.74) is 2.57. The van der Waals surface area contributed by atoms with Crippen molar-refractivity contribution in [2.75, 3.05) is 12.8 Å². The zero-order chi connectivity index (χ0) is 13.8. The van der Waals surface area contributed by atoms with Crippen LogP contribution in [0.1, 0.15) is 30.9 Å². The van der Waals surface area contributed by atoms with E-state index >= 15 is 0 Å². The number of carbonyl (C=O) groups excluding carboxylic acids is 1. The Kier molecular flexibility index (Phi) is 4.92. The van der Waals surface area contributed by atoms with Gasteiger partial charge in [0, 0.05) is 18.8 Å². The van der Waals surface area contributed by atoms with Crippen LogP contribution >= 0.6 is 11.8 Å². The van der Waals surface area contributed by atoms with Gasteiger partial charge in [-0.15, -0.1) is 11.8 Å². The van der Waals surface area contributed by atoms with Gasteiger partial charge in [-0.3, -0.25) is 4.79 Å². The highest BCUT2D eigenvalue weighted by Gasteiger charge is 2.32. The van der Waals surface area contributed by atoms with Crippen molar-refractivity contribution in [2.45, 2.75) is 38.5 Å². The molecule has 1 amide bonds. The van der Waals surface area contributed by atoms with Crippen molar-refractivity contribution in [1.82, 2.24) is 4.90 Å². The number of rotatable bonds is 6. The summed E-state index contributed by atoms with van der Waals surface area (Å²) in [5.74, 6) is 2.51. The number of nitrogens with zero attached hydrogens (tertiary/aromatic N) is 1. The first kappa shape index (κ1) is 14.4. The summed E-state index contributed by atoms with van der Waals surface area (Å²) in [4.78, 5) is 14.0. The minimum Gasteiger partial charge on any atom is -0.342 e. The molecule has 0 bridgehead atoms. The van der Waals surface area contributed by atoms with E-state index in [4.69, 9.17) is 0 Å². The van der Waals surface area contributed by atoms with Crippen LogP contribution in [0, 0.1) is 12.8 Å². The predicted molar refractivity (Wildman–Crippen MR) is 82.3 cm³/mol. The van der Waals surface area contributed by atoms with Crippen LogP contribution in [0.5, 0.6) is 0 Å². The second kappa shape index (κ2) is 6.47. The zero-order valence-corrected chi connectivity index (χ0v) is 12.9. The number of benzene rings is 1. The van der Waals surface area contributed by atoms with Gasteiger partial charge in [0.15, 0.2) is 0 Å². The molecule has 1 fully saturated rings. The van der Waals surface area contributed by atoms with Crippen molar-refractivity contribution in [3.63, 3.8) is 0 Å². The van der Waals surface area contributed by atoms with Crippen molar-refractivity contribution in [2.24, 2.45) is 5.92 Å². The van der Waals surface area contributed by atoms with Crippen LogP contribution in [0.25, 0.3) is 0 Å². The lowest BCUT2D eigenvalue weighted by molar-refractivity contribution is -0.129. The number of thioether (sulfide) groups is 1. The lowest BCUT2D eigenvalue weighted by atomic mass is 10.2. The molecule has 104 valence electrons. The van der Waals surface area contributed by atoms with E-state index in [-0.39, 0.29) is 5.91 Å². The number of aryl methyl sites for hydroxylation is 1. The Morgan fingerprint density at radius 3 is 2.58 bits per heavy atom. The van der Waals surface area contributed by atoms with Crippen molar-refractivity contribution in [3.05, 3.63) is 35.4 Å². The van der Waals surface area contributed by atoms with Gasteiger partial charge in [-0.2, -0.15) is 0 Å². The summed E-state index contributed by atoms with van der Waals surface area (Å²) < 4.78 is 0. The number of amides is 1. The Morgan fingerprint density at radius 1 is 1.37 bits per heavy atom. The second-order valence-electron chi connectivity index (χ2n) is 5.56. The summed E-state index contributed by atoms with van der Waals surface area (Å²) >= 11 is 1.71. The van der Waals surface area contributed by atoms with E-state index < -0.39 is 0 Å². The largest absolute Gasteiger partial charge is 0.342 e. The highest BCUT2D eigenvalue weighted by atomic mass is 32.2. The summed E-state index contributed by atoms with van der Waals surface area (Å²) in [6.45, 7) is 4.26. The maximum Gasteiger partial charge on any atom is 0.232 e. The smallest absolute Gasteiger partial charge is 0.232 e. The first-order chi connectivity index (χ1) is 9.08. The van der Waals surface area contributed by atoms with E-state index in [2.05, 4.69) is 38.1 Å². The van der Waals surface area contributed by atoms with Crippen LogP contribution in [0.4, 0.5) is 0 Å². The maximum atomic E-state index is 12.1. The molecule has 0 saturated heterocycles. The molecule has 0 aromatic heterocycles. The molecular weight excluding hydrogens is 254 g/mol. The molecule has 0 aliphatic heterocycles. The lowest BCUT2D eigenvalue weighted by Gasteiger charge is -2.24. The summed E-state index contributed by atoms with van der Waals surface area (Å²) in [6, 6.07) is 8.94. The zero-order valence-electron chi connectivity index (χ0n) is 12.1. The standard InChI is InChI=1S/C16H23NOS/c1-12-4-6-14(7-5-12)10-19-11-16(18)17(3)13(2)15-8-9-15/h4-7,13,15H,8-11H2,1-3H3. The summed E-state index contributed by atoms with van der Waals surface area (Å²) in [6.07, 6.45) is 2.57. The summed E-state index contributed by atoms with van der Waals surface area (Å²) in [7, 11) is 1.94. The molecule has 1 atom stereocenters. The van der Waals surface area contributed by atoms with Gasteiger partial charge < -0.3 is 4.90 Å².